The predicted molar refractivity (Wildman–Crippen MR) is 66.1 cm³/mol. The van der Waals surface area contributed by atoms with Crippen LogP contribution in [0, 0.1) is 11.7 Å². The second-order valence-electron chi connectivity index (χ2n) is 4.75. The van der Waals surface area contributed by atoms with E-state index in [0.29, 0.717) is 0 Å². The standard InChI is InChI=1S/C14H20FN/c15-13-7-9-14(10-8-13)16-11-12-5-3-1-2-4-6-12/h7-10,12,16H,1-6,11H2. The molecule has 1 fully saturated rings. The quantitative estimate of drug-likeness (QED) is 0.754. The van der Waals surface area contributed by atoms with Crippen LogP contribution in [0.3, 0.4) is 0 Å². The summed E-state index contributed by atoms with van der Waals surface area (Å²) < 4.78 is 12.7. The van der Waals surface area contributed by atoms with Gasteiger partial charge in [-0.25, -0.2) is 4.39 Å². The summed E-state index contributed by atoms with van der Waals surface area (Å²) in [7, 11) is 0. The lowest BCUT2D eigenvalue weighted by Crippen LogP contribution is -2.13. The van der Waals surface area contributed by atoms with E-state index in [4.69, 9.17) is 0 Å². The molecule has 0 radical (unpaired) electrons. The van der Waals surface area contributed by atoms with Crippen molar-refractivity contribution in [3.05, 3.63) is 30.1 Å². The second-order valence-corrected chi connectivity index (χ2v) is 4.75. The molecule has 0 aromatic heterocycles. The van der Waals surface area contributed by atoms with Gasteiger partial charge >= 0.3 is 0 Å². The summed E-state index contributed by atoms with van der Waals surface area (Å²) in [6.07, 6.45) is 8.22. The molecular formula is C14H20FN. The minimum atomic E-state index is -0.167. The van der Waals surface area contributed by atoms with Crippen molar-refractivity contribution in [2.24, 2.45) is 5.92 Å². The Morgan fingerprint density at radius 1 is 1.00 bits per heavy atom. The molecule has 88 valence electrons. The van der Waals surface area contributed by atoms with Gasteiger partial charge in [-0.2, -0.15) is 0 Å². The lowest BCUT2D eigenvalue weighted by Gasteiger charge is -2.15. The van der Waals surface area contributed by atoms with Gasteiger partial charge in [0.15, 0.2) is 0 Å². The summed E-state index contributed by atoms with van der Waals surface area (Å²) in [5.74, 6) is 0.632. The van der Waals surface area contributed by atoms with E-state index < -0.39 is 0 Å². The zero-order valence-corrected chi connectivity index (χ0v) is 9.71. The van der Waals surface area contributed by atoms with E-state index in [9.17, 15) is 4.39 Å². The molecule has 1 N–H and O–H groups in total. The van der Waals surface area contributed by atoms with E-state index in [0.717, 1.165) is 18.2 Å². The molecule has 0 aliphatic heterocycles. The SMILES string of the molecule is Fc1ccc(NCC2CCCCCC2)cc1. The van der Waals surface area contributed by atoms with Crippen LogP contribution in [0.25, 0.3) is 0 Å². The van der Waals surface area contributed by atoms with E-state index in [1.54, 1.807) is 0 Å². The first kappa shape index (κ1) is 11.4. The molecule has 1 aliphatic carbocycles. The third-order valence-electron chi connectivity index (χ3n) is 3.41. The molecule has 0 bridgehead atoms. The summed E-state index contributed by atoms with van der Waals surface area (Å²) in [6.45, 7) is 1.03. The number of anilines is 1. The lowest BCUT2D eigenvalue weighted by atomic mass is 10.0. The molecule has 1 saturated carbocycles. The molecule has 1 aromatic rings. The summed E-state index contributed by atoms with van der Waals surface area (Å²) >= 11 is 0. The van der Waals surface area contributed by atoms with E-state index in [1.165, 1.54) is 50.7 Å². The van der Waals surface area contributed by atoms with Gasteiger partial charge in [0.1, 0.15) is 5.82 Å². The van der Waals surface area contributed by atoms with Crippen molar-refractivity contribution in [3.63, 3.8) is 0 Å². The number of halogens is 1. The fourth-order valence-electron chi connectivity index (χ4n) is 2.40. The van der Waals surface area contributed by atoms with E-state index in [1.807, 2.05) is 12.1 Å². The van der Waals surface area contributed by atoms with Crippen molar-refractivity contribution in [1.82, 2.24) is 0 Å². The van der Waals surface area contributed by atoms with Gasteiger partial charge in [-0.05, 0) is 43.0 Å². The van der Waals surface area contributed by atoms with Crippen LogP contribution in [0.5, 0.6) is 0 Å². The minimum absolute atomic E-state index is 0.167. The van der Waals surface area contributed by atoms with Crippen molar-refractivity contribution >= 4 is 5.69 Å². The Morgan fingerprint density at radius 2 is 1.62 bits per heavy atom. The monoisotopic (exact) mass is 221 g/mol. The van der Waals surface area contributed by atoms with E-state index in [-0.39, 0.29) is 5.82 Å². The molecule has 1 aromatic carbocycles. The largest absolute Gasteiger partial charge is 0.385 e. The van der Waals surface area contributed by atoms with Crippen molar-refractivity contribution in [3.8, 4) is 0 Å². The average Bonchev–Trinajstić information content (AvgIpc) is 2.57. The van der Waals surface area contributed by atoms with Crippen molar-refractivity contribution in [1.29, 1.82) is 0 Å². The molecule has 2 heteroatoms. The van der Waals surface area contributed by atoms with Crippen LogP contribution < -0.4 is 5.32 Å². The average molecular weight is 221 g/mol. The van der Waals surface area contributed by atoms with Crippen LogP contribution in [0.15, 0.2) is 24.3 Å². The maximum atomic E-state index is 12.7. The van der Waals surface area contributed by atoms with Gasteiger partial charge < -0.3 is 5.32 Å². The zero-order chi connectivity index (χ0) is 11.2. The topological polar surface area (TPSA) is 12.0 Å². The van der Waals surface area contributed by atoms with Gasteiger partial charge in [0.25, 0.3) is 0 Å². The molecule has 1 aliphatic rings. The van der Waals surface area contributed by atoms with Crippen molar-refractivity contribution < 1.29 is 4.39 Å². The summed E-state index contributed by atoms with van der Waals surface area (Å²) in [4.78, 5) is 0. The smallest absolute Gasteiger partial charge is 0.123 e. The normalized spacial score (nSPS) is 18.1. The van der Waals surface area contributed by atoms with Gasteiger partial charge in [0.2, 0.25) is 0 Å². The maximum Gasteiger partial charge on any atom is 0.123 e. The van der Waals surface area contributed by atoms with Gasteiger partial charge in [-0.1, -0.05) is 25.7 Å². The number of benzene rings is 1. The molecule has 16 heavy (non-hydrogen) atoms. The first-order valence-corrected chi connectivity index (χ1v) is 6.34. The highest BCUT2D eigenvalue weighted by Crippen LogP contribution is 2.23. The fourth-order valence-corrected chi connectivity index (χ4v) is 2.40. The number of hydrogen-bond donors (Lipinski definition) is 1. The summed E-state index contributed by atoms with van der Waals surface area (Å²) in [5.41, 5.74) is 1.03. The molecule has 0 spiro atoms. The van der Waals surface area contributed by atoms with E-state index in [2.05, 4.69) is 5.32 Å². The van der Waals surface area contributed by atoms with E-state index >= 15 is 0 Å². The molecule has 0 amide bonds. The fraction of sp³-hybridized carbons (Fsp3) is 0.571. The Balaban J connectivity index is 1.79. The van der Waals surface area contributed by atoms with Crippen molar-refractivity contribution in [2.45, 2.75) is 38.5 Å². The molecular weight excluding hydrogens is 201 g/mol. The Labute approximate surface area is 97.1 Å². The maximum absolute atomic E-state index is 12.7. The van der Waals surface area contributed by atoms with Crippen LogP contribution >= 0.6 is 0 Å². The first-order valence-electron chi connectivity index (χ1n) is 6.34. The first-order chi connectivity index (χ1) is 7.84. The summed E-state index contributed by atoms with van der Waals surface area (Å²) in [6, 6.07) is 6.64. The molecule has 1 nitrogen and oxygen atoms in total. The van der Waals surface area contributed by atoms with Gasteiger partial charge in [0, 0.05) is 12.2 Å². The number of hydrogen-bond acceptors (Lipinski definition) is 1. The number of rotatable bonds is 3. The third kappa shape index (κ3) is 3.51. The van der Waals surface area contributed by atoms with Crippen molar-refractivity contribution in [2.75, 3.05) is 11.9 Å². The summed E-state index contributed by atoms with van der Waals surface area (Å²) in [5, 5.41) is 3.40. The second kappa shape index (κ2) is 5.88. The molecule has 0 unspecified atom stereocenters. The Kier molecular flexibility index (Phi) is 4.20. The third-order valence-corrected chi connectivity index (χ3v) is 3.41. The lowest BCUT2D eigenvalue weighted by molar-refractivity contribution is 0.483. The van der Waals surface area contributed by atoms with Gasteiger partial charge in [0.05, 0.1) is 0 Å². The van der Waals surface area contributed by atoms with Crippen LogP contribution in [0.2, 0.25) is 0 Å². The predicted octanol–water partition coefficient (Wildman–Crippen LogP) is 4.21. The van der Waals surface area contributed by atoms with Gasteiger partial charge in [-0.15, -0.1) is 0 Å². The Bertz CT molecular complexity index is 299. The molecule has 0 saturated heterocycles. The van der Waals surface area contributed by atoms with Gasteiger partial charge in [-0.3, -0.25) is 0 Å². The highest BCUT2D eigenvalue weighted by Gasteiger charge is 2.11. The number of nitrogens with one attached hydrogen (secondary N) is 1. The highest BCUT2D eigenvalue weighted by molar-refractivity contribution is 5.42. The van der Waals surface area contributed by atoms with Crippen LogP contribution in [0.4, 0.5) is 10.1 Å². The van der Waals surface area contributed by atoms with Crippen LogP contribution in [-0.4, -0.2) is 6.54 Å². The Hall–Kier alpha value is -1.05. The minimum Gasteiger partial charge on any atom is -0.385 e. The zero-order valence-electron chi connectivity index (χ0n) is 9.71. The Morgan fingerprint density at radius 3 is 2.25 bits per heavy atom. The molecule has 0 atom stereocenters. The highest BCUT2D eigenvalue weighted by atomic mass is 19.1. The van der Waals surface area contributed by atoms with Crippen LogP contribution in [0.1, 0.15) is 38.5 Å². The molecule has 0 heterocycles. The van der Waals surface area contributed by atoms with Crippen LogP contribution in [-0.2, 0) is 0 Å². The molecule has 2 rings (SSSR count).